The molecule has 0 saturated carbocycles. The number of rotatable bonds is 7. The van der Waals surface area contributed by atoms with Crippen molar-refractivity contribution in [3.63, 3.8) is 0 Å². The molecule has 0 aliphatic carbocycles. The molecule has 5 rings (SSSR count). The standard InChI is InChI=1S/C27H33N5O2/c1-27(2)19-23(33)29-26-21(27)10-11-24(30-26)34-18-4-3-13-31-14-16-32(17-15-31)22-9-5-7-20-8-6-12-28-25(20)22/h5-12H,3-4,13-19H2,1-2H3,(H,29,30,33). The van der Waals surface area contributed by atoms with Crippen LogP contribution in [0.4, 0.5) is 11.5 Å². The van der Waals surface area contributed by atoms with Crippen LogP contribution >= 0.6 is 0 Å². The fraction of sp³-hybridized carbons (Fsp3) is 0.444. The maximum absolute atomic E-state index is 12.0. The Kier molecular flexibility index (Phi) is 6.37. The zero-order chi connectivity index (χ0) is 23.5. The molecule has 0 bridgehead atoms. The number of piperazine rings is 1. The number of carbonyl (C=O) groups is 1. The van der Waals surface area contributed by atoms with Gasteiger partial charge < -0.3 is 15.0 Å². The Balaban J connectivity index is 1.06. The molecule has 0 unspecified atom stereocenters. The van der Waals surface area contributed by atoms with Gasteiger partial charge >= 0.3 is 0 Å². The van der Waals surface area contributed by atoms with Crippen LogP contribution in [-0.4, -0.2) is 60.1 Å². The van der Waals surface area contributed by atoms with Gasteiger partial charge in [0.05, 0.1) is 17.8 Å². The first-order valence-electron chi connectivity index (χ1n) is 12.2. The molecule has 1 N–H and O–H groups in total. The zero-order valence-electron chi connectivity index (χ0n) is 20.1. The first kappa shape index (κ1) is 22.6. The van der Waals surface area contributed by atoms with Crippen LogP contribution in [0.2, 0.25) is 0 Å². The number of fused-ring (bicyclic) bond motifs is 2. The van der Waals surface area contributed by atoms with E-state index in [-0.39, 0.29) is 11.3 Å². The van der Waals surface area contributed by atoms with Crippen molar-refractivity contribution in [1.29, 1.82) is 0 Å². The molecular weight excluding hydrogens is 426 g/mol. The molecule has 1 aromatic carbocycles. The molecule has 7 heteroatoms. The van der Waals surface area contributed by atoms with Crippen molar-refractivity contribution in [3.8, 4) is 5.88 Å². The zero-order valence-corrected chi connectivity index (χ0v) is 20.1. The van der Waals surface area contributed by atoms with Crippen molar-refractivity contribution < 1.29 is 9.53 Å². The Morgan fingerprint density at radius 2 is 1.85 bits per heavy atom. The van der Waals surface area contributed by atoms with Crippen LogP contribution in [0.3, 0.4) is 0 Å². The molecule has 2 aliphatic rings. The molecular formula is C27H33N5O2. The van der Waals surface area contributed by atoms with Crippen LogP contribution in [0, 0.1) is 0 Å². The van der Waals surface area contributed by atoms with Gasteiger partial charge in [-0.05, 0) is 37.6 Å². The minimum atomic E-state index is -0.197. The Morgan fingerprint density at radius 1 is 1.03 bits per heavy atom. The van der Waals surface area contributed by atoms with Crippen LogP contribution in [0.1, 0.15) is 38.7 Å². The third-order valence-electron chi connectivity index (χ3n) is 6.90. The third kappa shape index (κ3) is 4.85. The van der Waals surface area contributed by atoms with Crippen LogP contribution < -0.4 is 15.0 Å². The molecule has 34 heavy (non-hydrogen) atoms. The number of pyridine rings is 2. The molecule has 7 nitrogen and oxygen atoms in total. The molecule has 2 aromatic heterocycles. The number of benzene rings is 1. The SMILES string of the molecule is CC1(C)CC(=O)Nc2nc(OCCCCN3CCN(c4cccc5cccnc45)CC3)ccc21. The van der Waals surface area contributed by atoms with Gasteiger partial charge in [0.1, 0.15) is 5.82 Å². The maximum atomic E-state index is 12.0. The predicted molar refractivity (Wildman–Crippen MR) is 136 cm³/mol. The third-order valence-corrected chi connectivity index (χ3v) is 6.90. The smallest absolute Gasteiger partial charge is 0.226 e. The summed E-state index contributed by atoms with van der Waals surface area (Å²) in [6.45, 7) is 10.0. The summed E-state index contributed by atoms with van der Waals surface area (Å²) in [6, 6.07) is 14.5. The number of unbranched alkanes of at least 4 members (excludes halogenated alkanes) is 1. The summed E-state index contributed by atoms with van der Waals surface area (Å²) in [5.41, 5.74) is 3.20. The summed E-state index contributed by atoms with van der Waals surface area (Å²) in [5.74, 6) is 1.23. The van der Waals surface area contributed by atoms with E-state index < -0.39 is 0 Å². The lowest BCUT2D eigenvalue weighted by molar-refractivity contribution is -0.117. The Bertz CT molecular complexity index is 1170. The quantitative estimate of drug-likeness (QED) is 0.533. The number of aromatic nitrogens is 2. The Labute approximate surface area is 201 Å². The molecule has 0 radical (unpaired) electrons. The van der Waals surface area contributed by atoms with Crippen molar-refractivity contribution in [2.45, 2.75) is 38.5 Å². The van der Waals surface area contributed by atoms with Gasteiger partial charge in [-0.25, -0.2) is 0 Å². The Morgan fingerprint density at radius 3 is 2.71 bits per heavy atom. The number of para-hydroxylation sites is 1. The van der Waals surface area contributed by atoms with Crippen molar-refractivity contribution in [2.75, 3.05) is 49.5 Å². The average molecular weight is 460 g/mol. The topological polar surface area (TPSA) is 70.6 Å². The van der Waals surface area contributed by atoms with Crippen LogP contribution in [-0.2, 0) is 10.2 Å². The summed E-state index contributed by atoms with van der Waals surface area (Å²) in [6.07, 6.45) is 4.42. The second-order valence-corrected chi connectivity index (χ2v) is 9.89. The van der Waals surface area contributed by atoms with Gasteiger partial charge in [0, 0.05) is 61.2 Å². The second-order valence-electron chi connectivity index (χ2n) is 9.89. The maximum Gasteiger partial charge on any atom is 0.226 e. The van der Waals surface area contributed by atoms with E-state index in [4.69, 9.17) is 4.74 Å². The summed E-state index contributed by atoms with van der Waals surface area (Å²) >= 11 is 0. The monoisotopic (exact) mass is 459 g/mol. The molecule has 1 amide bonds. The highest BCUT2D eigenvalue weighted by Gasteiger charge is 2.33. The molecule has 0 atom stereocenters. The molecule has 1 saturated heterocycles. The second kappa shape index (κ2) is 9.58. The summed E-state index contributed by atoms with van der Waals surface area (Å²) < 4.78 is 5.88. The molecule has 178 valence electrons. The van der Waals surface area contributed by atoms with E-state index in [1.807, 2.05) is 24.4 Å². The lowest BCUT2D eigenvalue weighted by Crippen LogP contribution is -2.46. The number of nitrogens with one attached hydrogen (secondary N) is 1. The van der Waals surface area contributed by atoms with Crippen LogP contribution in [0.15, 0.2) is 48.7 Å². The van der Waals surface area contributed by atoms with Gasteiger partial charge in [0.25, 0.3) is 0 Å². The van der Waals surface area contributed by atoms with E-state index in [1.54, 1.807) is 0 Å². The highest BCUT2D eigenvalue weighted by molar-refractivity contribution is 5.94. The summed E-state index contributed by atoms with van der Waals surface area (Å²) in [5, 5.41) is 4.08. The van der Waals surface area contributed by atoms with E-state index in [0.29, 0.717) is 24.7 Å². The normalized spacial score (nSPS) is 17.9. The minimum Gasteiger partial charge on any atom is -0.478 e. The number of anilines is 2. The average Bonchev–Trinajstić information content (AvgIpc) is 2.83. The van der Waals surface area contributed by atoms with Crippen molar-refractivity contribution >= 4 is 28.3 Å². The van der Waals surface area contributed by atoms with Gasteiger partial charge in [0.15, 0.2) is 0 Å². The number of hydrogen-bond donors (Lipinski definition) is 1. The molecule has 3 aromatic rings. The molecule has 0 spiro atoms. The number of ether oxygens (including phenoxy) is 1. The van der Waals surface area contributed by atoms with Gasteiger partial charge in [0.2, 0.25) is 11.8 Å². The number of amides is 1. The highest BCUT2D eigenvalue weighted by Crippen LogP contribution is 2.36. The van der Waals surface area contributed by atoms with Crippen molar-refractivity contribution in [3.05, 3.63) is 54.2 Å². The fourth-order valence-corrected chi connectivity index (χ4v) is 5.01. The van der Waals surface area contributed by atoms with E-state index in [2.05, 4.69) is 63.2 Å². The number of hydrogen-bond acceptors (Lipinski definition) is 6. The van der Waals surface area contributed by atoms with Gasteiger partial charge in [-0.2, -0.15) is 4.98 Å². The van der Waals surface area contributed by atoms with Gasteiger partial charge in [-0.3, -0.25) is 14.7 Å². The van der Waals surface area contributed by atoms with Crippen LogP contribution in [0.25, 0.3) is 10.9 Å². The van der Waals surface area contributed by atoms with Crippen molar-refractivity contribution in [1.82, 2.24) is 14.9 Å². The fourth-order valence-electron chi connectivity index (χ4n) is 5.01. The van der Waals surface area contributed by atoms with E-state index in [0.717, 1.165) is 56.6 Å². The van der Waals surface area contributed by atoms with Gasteiger partial charge in [-0.15, -0.1) is 0 Å². The lowest BCUT2D eigenvalue weighted by Gasteiger charge is -2.36. The van der Waals surface area contributed by atoms with E-state index in [1.165, 1.54) is 11.1 Å². The molecule has 2 aliphatic heterocycles. The summed E-state index contributed by atoms with van der Waals surface area (Å²) in [4.78, 5) is 26.1. The molecule has 4 heterocycles. The molecule has 1 fully saturated rings. The van der Waals surface area contributed by atoms with E-state index in [9.17, 15) is 4.79 Å². The van der Waals surface area contributed by atoms with Crippen molar-refractivity contribution in [2.24, 2.45) is 0 Å². The first-order valence-corrected chi connectivity index (χ1v) is 12.2. The highest BCUT2D eigenvalue weighted by atomic mass is 16.5. The number of nitrogens with zero attached hydrogens (tertiary/aromatic N) is 4. The van der Waals surface area contributed by atoms with Crippen LogP contribution in [0.5, 0.6) is 5.88 Å². The van der Waals surface area contributed by atoms with Gasteiger partial charge in [-0.1, -0.05) is 32.0 Å². The predicted octanol–water partition coefficient (Wildman–Crippen LogP) is 4.23. The first-order chi connectivity index (χ1) is 16.5. The van der Waals surface area contributed by atoms with E-state index >= 15 is 0 Å². The number of carbonyl (C=O) groups excluding carboxylic acids is 1. The minimum absolute atomic E-state index is 0.0129. The largest absolute Gasteiger partial charge is 0.478 e. The summed E-state index contributed by atoms with van der Waals surface area (Å²) in [7, 11) is 0. The Hall–Kier alpha value is -3.19. The lowest BCUT2D eigenvalue weighted by atomic mass is 9.79.